The van der Waals surface area contributed by atoms with E-state index in [0.29, 0.717) is 5.75 Å². The van der Waals surface area contributed by atoms with Gasteiger partial charge in [-0.1, -0.05) is 0 Å². The molecule has 0 spiro atoms. The van der Waals surface area contributed by atoms with E-state index in [9.17, 15) is 4.79 Å². The van der Waals surface area contributed by atoms with Gasteiger partial charge in [0.2, 0.25) is 0 Å². The summed E-state index contributed by atoms with van der Waals surface area (Å²) >= 11 is 0. The lowest BCUT2D eigenvalue weighted by molar-refractivity contribution is -0.119. The van der Waals surface area contributed by atoms with E-state index in [1.165, 1.54) is 0 Å². The standard InChI is InChI=1S/C15H13N5O2/c16-15(21)10-22-12-3-4-13(18-9-12)14-5-7-19-20(14)11-2-1-6-17-8-11/h1-9H,10H2,(H2,16,21). The lowest BCUT2D eigenvalue weighted by atomic mass is 10.2. The van der Waals surface area contributed by atoms with E-state index in [0.717, 1.165) is 17.1 Å². The Morgan fingerprint density at radius 3 is 2.77 bits per heavy atom. The van der Waals surface area contributed by atoms with Gasteiger partial charge in [-0.15, -0.1) is 0 Å². The second-order valence-electron chi connectivity index (χ2n) is 4.47. The number of hydrogen-bond acceptors (Lipinski definition) is 5. The van der Waals surface area contributed by atoms with Crippen LogP contribution in [-0.2, 0) is 4.79 Å². The monoisotopic (exact) mass is 295 g/mol. The number of rotatable bonds is 5. The average Bonchev–Trinajstić information content (AvgIpc) is 3.04. The van der Waals surface area contributed by atoms with Crippen LogP contribution in [0, 0.1) is 0 Å². The molecule has 2 N–H and O–H groups in total. The van der Waals surface area contributed by atoms with E-state index < -0.39 is 5.91 Å². The Kier molecular flexibility index (Phi) is 3.78. The highest BCUT2D eigenvalue weighted by Crippen LogP contribution is 2.21. The number of pyridine rings is 2. The number of ether oxygens (including phenoxy) is 1. The van der Waals surface area contributed by atoms with E-state index >= 15 is 0 Å². The minimum absolute atomic E-state index is 0.172. The predicted octanol–water partition coefficient (Wildman–Crippen LogP) is 1.19. The third-order valence-electron chi connectivity index (χ3n) is 2.91. The topological polar surface area (TPSA) is 95.9 Å². The molecule has 0 bridgehead atoms. The molecule has 0 aliphatic rings. The second-order valence-corrected chi connectivity index (χ2v) is 4.47. The van der Waals surface area contributed by atoms with E-state index in [2.05, 4.69) is 15.1 Å². The number of aromatic nitrogens is 4. The minimum Gasteiger partial charge on any atom is -0.482 e. The van der Waals surface area contributed by atoms with Crippen LogP contribution >= 0.6 is 0 Å². The van der Waals surface area contributed by atoms with Gasteiger partial charge in [0, 0.05) is 6.20 Å². The second kappa shape index (κ2) is 6.04. The molecule has 7 heteroatoms. The molecule has 0 aliphatic heterocycles. The molecule has 3 rings (SSSR count). The average molecular weight is 295 g/mol. The predicted molar refractivity (Wildman–Crippen MR) is 79.3 cm³/mol. The molecule has 110 valence electrons. The molecule has 0 saturated heterocycles. The van der Waals surface area contributed by atoms with Crippen LogP contribution < -0.4 is 10.5 Å². The number of amides is 1. The van der Waals surface area contributed by atoms with Crippen molar-refractivity contribution in [3.63, 3.8) is 0 Å². The maximum atomic E-state index is 10.7. The van der Waals surface area contributed by atoms with Gasteiger partial charge in [0.15, 0.2) is 6.61 Å². The van der Waals surface area contributed by atoms with Crippen molar-refractivity contribution < 1.29 is 9.53 Å². The molecule has 3 heterocycles. The zero-order chi connectivity index (χ0) is 15.4. The highest BCUT2D eigenvalue weighted by Gasteiger charge is 2.09. The van der Waals surface area contributed by atoms with Crippen molar-refractivity contribution in [3.8, 4) is 22.8 Å². The molecular weight excluding hydrogens is 282 g/mol. The van der Waals surface area contributed by atoms with E-state index in [1.807, 2.05) is 18.2 Å². The number of primary amides is 1. The maximum Gasteiger partial charge on any atom is 0.255 e. The number of carbonyl (C=O) groups excluding carboxylic acids is 1. The quantitative estimate of drug-likeness (QED) is 0.762. The van der Waals surface area contributed by atoms with Gasteiger partial charge in [-0.05, 0) is 30.3 Å². The van der Waals surface area contributed by atoms with Crippen molar-refractivity contribution in [1.29, 1.82) is 0 Å². The molecule has 0 unspecified atom stereocenters. The van der Waals surface area contributed by atoms with Crippen LogP contribution in [0.15, 0.2) is 55.1 Å². The van der Waals surface area contributed by atoms with Crippen molar-refractivity contribution in [2.45, 2.75) is 0 Å². The summed E-state index contributed by atoms with van der Waals surface area (Å²) in [5, 5.41) is 4.29. The summed E-state index contributed by atoms with van der Waals surface area (Å²) in [5.74, 6) is -0.0475. The minimum atomic E-state index is -0.529. The summed E-state index contributed by atoms with van der Waals surface area (Å²) < 4.78 is 6.93. The first-order chi connectivity index (χ1) is 10.7. The number of carbonyl (C=O) groups is 1. The van der Waals surface area contributed by atoms with Crippen molar-refractivity contribution in [2.75, 3.05) is 6.61 Å². The molecular formula is C15H13N5O2. The Bertz CT molecular complexity index is 768. The number of hydrogen-bond donors (Lipinski definition) is 1. The largest absolute Gasteiger partial charge is 0.482 e. The molecule has 0 radical (unpaired) electrons. The molecule has 3 aromatic heterocycles. The van der Waals surface area contributed by atoms with Gasteiger partial charge in [-0.25, -0.2) is 4.68 Å². The highest BCUT2D eigenvalue weighted by molar-refractivity contribution is 5.75. The summed E-state index contributed by atoms with van der Waals surface area (Å²) in [6.07, 6.45) is 6.66. The summed E-state index contributed by atoms with van der Waals surface area (Å²) in [7, 11) is 0. The first-order valence-electron chi connectivity index (χ1n) is 6.56. The smallest absolute Gasteiger partial charge is 0.255 e. The summed E-state index contributed by atoms with van der Waals surface area (Å²) in [6, 6.07) is 9.13. The lowest BCUT2D eigenvalue weighted by Gasteiger charge is -2.07. The van der Waals surface area contributed by atoms with Crippen LogP contribution in [0.1, 0.15) is 0 Å². The SMILES string of the molecule is NC(=O)COc1ccc(-c2ccnn2-c2cccnc2)nc1. The van der Waals surface area contributed by atoms with Gasteiger partial charge in [0.05, 0.1) is 35.7 Å². The Morgan fingerprint density at radius 1 is 1.18 bits per heavy atom. The van der Waals surface area contributed by atoms with Crippen molar-refractivity contribution in [3.05, 3.63) is 55.1 Å². The third kappa shape index (κ3) is 2.93. The van der Waals surface area contributed by atoms with Crippen molar-refractivity contribution in [1.82, 2.24) is 19.7 Å². The normalized spacial score (nSPS) is 10.4. The number of nitrogens with zero attached hydrogens (tertiary/aromatic N) is 4. The summed E-state index contributed by atoms with van der Waals surface area (Å²) in [6.45, 7) is -0.172. The highest BCUT2D eigenvalue weighted by atomic mass is 16.5. The molecule has 7 nitrogen and oxygen atoms in total. The molecule has 0 atom stereocenters. The van der Waals surface area contributed by atoms with Crippen LogP contribution in [0.2, 0.25) is 0 Å². The molecule has 0 saturated carbocycles. The molecule has 1 amide bonds. The fourth-order valence-electron chi connectivity index (χ4n) is 1.95. The maximum absolute atomic E-state index is 10.7. The number of nitrogens with two attached hydrogens (primary N) is 1. The zero-order valence-corrected chi connectivity index (χ0v) is 11.6. The van der Waals surface area contributed by atoms with Crippen molar-refractivity contribution >= 4 is 5.91 Å². The van der Waals surface area contributed by atoms with Crippen LogP contribution in [0.5, 0.6) is 5.75 Å². The van der Waals surface area contributed by atoms with E-state index in [-0.39, 0.29) is 6.61 Å². The lowest BCUT2D eigenvalue weighted by Crippen LogP contribution is -2.20. The molecule has 0 aliphatic carbocycles. The van der Waals surface area contributed by atoms with Gasteiger partial charge < -0.3 is 10.5 Å². The first kappa shape index (κ1) is 13.7. The molecule has 3 aromatic rings. The van der Waals surface area contributed by atoms with E-state index in [1.54, 1.807) is 41.6 Å². The van der Waals surface area contributed by atoms with Crippen LogP contribution in [0.4, 0.5) is 0 Å². The van der Waals surface area contributed by atoms with Crippen LogP contribution in [0.3, 0.4) is 0 Å². The van der Waals surface area contributed by atoms with Gasteiger partial charge in [0.25, 0.3) is 5.91 Å². The fourth-order valence-corrected chi connectivity index (χ4v) is 1.95. The van der Waals surface area contributed by atoms with Crippen LogP contribution in [0.25, 0.3) is 17.1 Å². The molecule has 0 fully saturated rings. The Hall–Kier alpha value is -3.22. The van der Waals surface area contributed by atoms with Gasteiger partial charge in [-0.3, -0.25) is 14.8 Å². The third-order valence-corrected chi connectivity index (χ3v) is 2.91. The first-order valence-corrected chi connectivity index (χ1v) is 6.56. The van der Waals surface area contributed by atoms with Gasteiger partial charge in [-0.2, -0.15) is 5.10 Å². The Labute approximate surface area is 126 Å². The Morgan fingerprint density at radius 2 is 2.09 bits per heavy atom. The van der Waals surface area contributed by atoms with Gasteiger partial charge in [0.1, 0.15) is 5.75 Å². The molecule has 22 heavy (non-hydrogen) atoms. The molecule has 0 aromatic carbocycles. The van der Waals surface area contributed by atoms with Gasteiger partial charge >= 0.3 is 0 Å². The summed E-state index contributed by atoms with van der Waals surface area (Å²) in [5.41, 5.74) is 7.43. The van der Waals surface area contributed by atoms with E-state index in [4.69, 9.17) is 10.5 Å². The fraction of sp³-hybridized carbons (Fsp3) is 0.0667. The summed E-state index contributed by atoms with van der Waals surface area (Å²) in [4.78, 5) is 19.1. The zero-order valence-electron chi connectivity index (χ0n) is 11.6. The Balaban J connectivity index is 1.86. The van der Waals surface area contributed by atoms with Crippen molar-refractivity contribution in [2.24, 2.45) is 5.73 Å². The van der Waals surface area contributed by atoms with Crippen LogP contribution in [-0.4, -0.2) is 32.3 Å².